The van der Waals surface area contributed by atoms with Gasteiger partial charge < -0.3 is 10.2 Å². The third-order valence-electron chi connectivity index (χ3n) is 4.08. The molecule has 2 aromatic rings. The van der Waals surface area contributed by atoms with Crippen molar-refractivity contribution in [1.29, 1.82) is 0 Å². The Labute approximate surface area is 121 Å². The van der Waals surface area contributed by atoms with Crippen LogP contribution < -0.4 is 10.2 Å². The lowest BCUT2D eigenvalue weighted by Crippen LogP contribution is -2.33. The quantitative estimate of drug-likeness (QED) is 0.891. The van der Waals surface area contributed by atoms with E-state index in [1.54, 1.807) is 0 Å². The second-order valence-electron chi connectivity index (χ2n) is 5.34. The second-order valence-corrected chi connectivity index (χ2v) is 5.34. The molecule has 1 aliphatic rings. The van der Waals surface area contributed by atoms with E-state index in [0.717, 1.165) is 32.5 Å². The zero-order chi connectivity index (χ0) is 13.8. The van der Waals surface area contributed by atoms with Crippen LogP contribution in [0.4, 0.5) is 11.4 Å². The molecule has 2 nitrogen and oxygen atoms in total. The number of nitrogens with one attached hydrogen (secondary N) is 1. The molecule has 0 fully saturated rings. The van der Waals surface area contributed by atoms with Gasteiger partial charge >= 0.3 is 0 Å². The summed E-state index contributed by atoms with van der Waals surface area (Å²) in [5, 5.41) is 3.55. The molecule has 0 amide bonds. The van der Waals surface area contributed by atoms with E-state index in [0.29, 0.717) is 0 Å². The Balaban J connectivity index is 1.76. The Morgan fingerprint density at radius 1 is 1.00 bits per heavy atom. The highest BCUT2D eigenvalue weighted by Gasteiger charge is 2.11. The normalized spacial score (nSPS) is 14.9. The minimum Gasteiger partial charge on any atom is -0.383 e. The standard InChI is InChI=1S/C18H22N2/c1-2-15-7-9-17(10-8-15)20-13-11-16-5-3-4-6-18(16)19-12-14-20/h3-10,19H,2,11-14H2,1H3. The molecule has 0 spiro atoms. The molecule has 104 valence electrons. The maximum Gasteiger partial charge on any atom is 0.0374 e. The summed E-state index contributed by atoms with van der Waals surface area (Å²) >= 11 is 0. The van der Waals surface area contributed by atoms with Gasteiger partial charge in [-0.25, -0.2) is 0 Å². The Kier molecular flexibility index (Phi) is 3.91. The summed E-state index contributed by atoms with van der Waals surface area (Å²) in [4.78, 5) is 2.47. The molecule has 0 aliphatic carbocycles. The SMILES string of the molecule is CCc1ccc(N2CCNc3ccccc3CC2)cc1. The summed E-state index contributed by atoms with van der Waals surface area (Å²) in [5.41, 5.74) is 5.46. The van der Waals surface area contributed by atoms with Gasteiger partial charge in [0, 0.05) is 31.0 Å². The van der Waals surface area contributed by atoms with Gasteiger partial charge in [0.2, 0.25) is 0 Å². The van der Waals surface area contributed by atoms with Crippen LogP contribution >= 0.6 is 0 Å². The van der Waals surface area contributed by atoms with Gasteiger partial charge in [-0.1, -0.05) is 37.3 Å². The molecule has 0 radical (unpaired) electrons. The zero-order valence-corrected chi connectivity index (χ0v) is 12.1. The fourth-order valence-corrected chi connectivity index (χ4v) is 2.80. The maximum absolute atomic E-state index is 3.55. The first-order valence-corrected chi connectivity index (χ1v) is 7.52. The van der Waals surface area contributed by atoms with Crippen LogP contribution in [0.1, 0.15) is 18.1 Å². The lowest BCUT2D eigenvalue weighted by Gasteiger charge is -2.28. The summed E-state index contributed by atoms with van der Waals surface area (Å²) in [5.74, 6) is 0. The Hall–Kier alpha value is -1.96. The number of fused-ring (bicyclic) bond motifs is 1. The second kappa shape index (κ2) is 6.00. The molecule has 3 rings (SSSR count). The number of aryl methyl sites for hydroxylation is 1. The molecule has 1 aliphatic heterocycles. The first-order valence-electron chi connectivity index (χ1n) is 7.52. The molecular weight excluding hydrogens is 244 g/mol. The monoisotopic (exact) mass is 266 g/mol. The summed E-state index contributed by atoms with van der Waals surface area (Å²) < 4.78 is 0. The van der Waals surface area contributed by atoms with Crippen molar-refractivity contribution in [2.24, 2.45) is 0 Å². The lowest BCUT2D eigenvalue weighted by atomic mass is 10.1. The van der Waals surface area contributed by atoms with Gasteiger partial charge in [0.1, 0.15) is 0 Å². The van der Waals surface area contributed by atoms with Crippen LogP contribution in [0.2, 0.25) is 0 Å². The van der Waals surface area contributed by atoms with Crippen LogP contribution in [0.3, 0.4) is 0 Å². The Bertz CT molecular complexity index is 560. The van der Waals surface area contributed by atoms with Gasteiger partial charge in [-0.05, 0) is 42.2 Å². The van der Waals surface area contributed by atoms with E-state index in [4.69, 9.17) is 0 Å². The van der Waals surface area contributed by atoms with Crippen LogP contribution in [0.25, 0.3) is 0 Å². The van der Waals surface area contributed by atoms with E-state index < -0.39 is 0 Å². The number of benzene rings is 2. The summed E-state index contributed by atoms with van der Waals surface area (Å²) in [7, 11) is 0. The maximum atomic E-state index is 3.55. The lowest BCUT2D eigenvalue weighted by molar-refractivity contribution is 0.774. The van der Waals surface area contributed by atoms with Crippen LogP contribution in [0.15, 0.2) is 48.5 Å². The third kappa shape index (κ3) is 2.79. The summed E-state index contributed by atoms with van der Waals surface area (Å²) in [6.45, 7) is 5.34. The predicted molar refractivity (Wildman–Crippen MR) is 86.7 cm³/mol. The molecule has 0 bridgehead atoms. The van der Waals surface area contributed by atoms with E-state index in [9.17, 15) is 0 Å². The van der Waals surface area contributed by atoms with E-state index in [1.807, 2.05) is 0 Å². The minimum absolute atomic E-state index is 0.993. The van der Waals surface area contributed by atoms with Gasteiger partial charge in [0.15, 0.2) is 0 Å². The van der Waals surface area contributed by atoms with Gasteiger partial charge in [0.05, 0.1) is 0 Å². The van der Waals surface area contributed by atoms with Crippen molar-refractivity contribution in [3.05, 3.63) is 59.7 Å². The van der Waals surface area contributed by atoms with Gasteiger partial charge in [-0.15, -0.1) is 0 Å². The fraction of sp³-hybridized carbons (Fsp3) is 0.333. The number of nitrogens with zero attached hydrogens (tertiary/aromatic N) is 1. The van der Waals surface area contributed by atoms with Gasteiger partial charge in [-0.2, -0.15) is 0 Å². The Morgan fingerprint density at radius 3 is 2.60 bits per heavy atom. The molecule has 0 unspecified atom stereocenters. The molecular formula is C18H22N2. The van der Waals surface area contributed by atoms with E-state index >= 15 is 0 Å². The van der Waals surface area contributed by atoms with Crippen LogP contribution in [0.5, 0.6) is 0 Å². The van der Waals surface area contributed by atoms with Crippen molar-refractivity contribution < 1.29 is 0 Å². The van der Waals surface area contributed by atoms with Gasteiger partial charge in [-0.3, -0.25) is 0 Å². The van der Waals surface area contributed by atoms with Crippen LogP contribution in [-0.4, -0.2) is 19.6 Å². The van der Waals surface area contributed by atoms with Crippen molar-refractivity contribution >= 4 is 11.4 Å². The number of para-hydroxylation sites is 1. The number of hydrogen-bond acceptors (Lipinski definition) is 2. The average Bonchev–Trinajstić information content (AvgIpc) is 2.48. The molecule has 0 aromatic heterocycles. The van der Waals surface area contributed by atoms with Crippen molar-refractivity contribution in [2.75, 3.05) is 29.9 Å². The molecule has 0 saturated heterocycles. The molecule has 20 heavy (non-hydrogen) atoms. The largest absolute Gasteiger partial charge is 0.383 e. The van der Waals surface area contributed by atoms with E-state index in [-0.39, 0.29) is 0 Å². The van der Waals surface area contributed by atoms with Crippen LogP contribution in [-0.2, 0) is 12.8 Å². The summed E-state index contributed by atoms with van der Waals surface area (Å²) in [6.07, 6.45) is 2.20. The zero-order valence-electron chi connectivity index (χ0n) is 12.1. The van der Waals surface area contributed by atoms with Crippen molar-refractivity contribution in [1.82, 2.24) is 0 Å². The topological polar surface area (TPSA) is 15.3 Å². The first-order chi connectivity index (χ1) is 9.86. The first kappa shape index (κ1) is 13.0. The molecule has 0 saturated carbocycles. The average molecular weight is 266 g/mol. The predicted octanol–water partition coefficient (Wildman–Crippen LogP) is 3.72. The van der Waals surface area contributed by atoms with E-state index in [1.165, 1.54) is 22.5 Å². The van der Waals surface area contributed by atoms with E-state index in [2.05, 4.69) is 65.7 Å². The van der Waals surface area contributed by atoms with Crippen molar-refractivity contribution in [2.45, 2.75) is 19.8 Å². The number of anilines is 2. The van der Waals surface area contributed by atoms with Crippen LogP contribution in [0, 0.1) is 0 Å². The molecule has 1 heterocycles. The minimum atomic E-state index is 0.993. The van der Waals surface area contributed by atoms with Gasteiger partial charge in [0.25, 0.3) is 0 Å². The molecule has 0 atom stereocenters. The highest BCUT2D eigenvalue weighted by atomic mass is 15.1. The number of rotatable bonds is 2. The fourth-order valence-electron chi connectivity index (χ4n) is 2.80. The molecule has 1 N–H and O–H groups in total. The Morgan fingerprint density at radius 2 is 1.80 bits per heavy atom. The smallest absolute Gasteiger partial charge is 0.0374 e. The third-order valence-corrected chi connectivity index (χ3v) is 4.08. The van der Waals surface area contributed by atoms with Crippen molar-refractivity contribution in [3.63, 3.8) is 0 Å². The number of hydrogen-bond donors (Lipinski definition) is 1. The highest BCUT2D eigenvalue weighted by molar-refractivity contribution is 5.54. The molecule has 2 aromatic carbocycles. The summed E-state index contributed by atoms with van der Waals surface area (Å²) in [6, 6.07) is 17.6. The molecule has 2 heteroatoms. The highest BCUT2D eigenvalue weighted by Crippen LogP contribution is 2.21. The van der Waals surface area contributed by atoms with Crippen molar-refractivity contribution in [3.8, 4) is 0 Å².